The smallest absolute Gasteiger partial charge is 0.273 e. The summed E-state index contributed by atoms with van der Waals surface area (Å²) < 4.78 is 23.9. The molecule has 3 rings (SSSR count). The molecule has 1 unspecified atom stereocenters. The Morgan fingerprint density at radius 3 is 2.82 bits per heavy atom. The molecule has 6 nitrogen and oxygen atoms in total. The highest BCUT2D eigenvalue weighted by atomic mass is 32.1. The number of nitrogens with one attached hydrogen (secondary N) is 2. The van der Waals surface area contributed by atoms with Crippen LogP contribution in [0.25, 0.3) is 0 Å². The molecule has 2 N–H and O–H groups in total. The van der Waals surface area contributed by atoms with Gasteiger partial charge in [-0.25, -0.2) is 9.38 Å². The van der Waals surface area contributed by atoms with Gasteiger partial charge in [-0.1, -0.05) is 12.1 Å². The first-order valence-electron chi connectivity index (χ1n) is 8.66. The van der Waals surface area contributed by atoms with E-state index in [1.807, 2.05) is 12.2 Å². The number of dihydropyridines is 1. The molecule has 0 radical (unpaired) electrons. The summed E-state index contributed by atoms with van der Waals surface area (Å²) in [7, 11) is 3.12. The lowest BCUT2D eigenvalue weighted by Gasteiger charge is -2.26. The van der Waals surface area contributed by atoms with Gasteiger partial charge in [0, 0.05) is 17.8 Å². The lowest BCUT2D eigenvalue weighted by Crippen LogP contribution is -2.31. The lowest BCUT2D eigenvalue weighted by molar-refractivity contribution is -0.114. The summed E-state index contributed by atoms with van der Waals surface area (Å²) in [6, 6.07) is 6.01. The molecule has 1 atom stereocenters. The summed E-state index contributed by atoms with van der Waals surface area (Å²) in [5, 5.41) is 6.26. The molecule has 1 aromatic rings. The van der Waals surface area contributed by atoms with E-state index in [2.05, 4.69) is 15.6 Å². The summed E-state index contributed by atoms with van der Waals surface area (Å²) in [5.74, 6) is 0.333. The topological polar surface area (TPSA) is 72.0 Å². The van der Waals surface area contributed by atoms with Crippen molar-refractivity contribution in [2.75, 3.05) is 26.1 Å². The van der Waals surface area contributed by atoms with E-state index in [9.17, 15) is 9.18 Å². The van der Waals surface area contributed by atoms with Crippen molar-refractivity contribution in [1.82, 2.24) is 5.32 Å². The number of hydrogen-bond acceptors (Lipinski definition) is 4. The second kappa shape index (κ2) is 8.79. The van der Waals surface area contributed by atoms with E-state index in [0.717, 1.165) is 0 Å². The van der Waals surface area contributed by atoms with Gasteiger partial charge in [-0.15, -0.1) is 0 Å². The van der Waals surface area contributed by atoms with E-state index in [4.69, 9.17) is 21.7 Å². The zero-order chi connectivity index (χ0) is 20.1. The number of allylic oxidation sites excluding steroid dienone is 4. The first kappa shape index (κ1) is 19.8. The number of carbonyl (C=O) groups is 1. The number of halogens is 1. The fraction of sp³-hybridized carbons (Fsp3) is 0.250. The second-order valence-electron chi connectivity index (χ2n) is 6.12. The first-order chi connectivity index (χ1) is 13.5. The number of anilines is 1. The average Bonchev–Trinajstić information content (AvgIpc) is 2.67. The maximum absolute atomic E-state index is 13.2. The Hall–Kier alpha value is -3.00. The van der Waals surface area contributed by atoms with E-state index < -0.39 is 0 Å². The molecule has 2 aliphatic rings. The highest BCUT2D eigenvalue weighted by molar-refractivity contribution is 7.80. The number of carbonyl (C=O) groups excluding carboxylic acids is 1. The molecule has 0 spiro atoms. The molecule has 0 bridgehead atoms. The van der Waals surface area contributed by atoms with Crippen molar-refractivity contribution < 1.29 is 18.7 Å². The fourth-order valence-electron chi connectivity index (χ4n) is 2.98. The largest absolute Gasteiger partial charge is 0.500 e. The van der Waals surface area contributed by atoms with Gasteiger partial charge in [0.25, 0.3) is 5.91 Å². The van der Waals surface area contributed by atoms with Crippen LogP contribution in [0.4, 0.5) is 10.1 Å². The minimum Gasteiger partial charge on any atom is -0.500 e. The van der Waals surface area contributed by atoms with Crippen molar-refractivity contribution in [3.05, 3.63) is 65.4 Å². The van der Waals surface area contributed by atoms with E-state index in [-0.39, 0.29) is 17.6 Å². The minimum atomic E-state index is -0.349. The molecule has 0 saturated heterocycles. The molecule has 1 aromatic carbocycles. The Labute approximate surface area is 167 Å². The fourth-order valence-corrected chi connectivity index (χ4v) is 3.20. The predicted molar refractivity (Wildman–Crippen MR) is 109 cm³/mol. The van der Waals surface area contributed by atoms with Crippen LogP contribution >= 0.6 is 12.2 Å². The van der Waals surface area contributed by atoms with Crippen molar-refractivity contribution in [3.63, 3.8) is 0 Å². The highest BCUT2D eigenvalue weighted by Crippen LogP contribution is 2.30. The van der Waals surface area contributed by atoms with Crippen LogP contribution in [0.15, 0.2) is 64.6 Å². The highest BCUT2D eigenvalue weighted by Gasteiger charge is 2.32. The average molecular weight is 401 g/mol. The Kier molecular flexibility index (Phi) is 6.20. The zero-order valence-electron chi connectivity index (χ0n) is 15.5. The van der Waals surface area contributed by atoms with Gasteiger partial charge >= 0.3 is 0 Å². The number of aliphatic imine (C=N–C) groups is 1. The monoisotopic (exact) mass is 401 g/mol. The van der Waals surface area contributed by atoms with E-state index in [1.54, 1.807) is 25.3 Å². The van der Waals surface area contributed by atoms with Crippen molar-refractivity contribution >= 4 is 34.6 Å². The maximum atomic E-state index is 13.2. The Morgan fingerprint density at radius 2 is 2.11 bits per heavy atom. The summed E-state index contributed by atoms with van der Waals surface area (Å²) in [4.78, 5) is 16.6. The standard InChI is InChI=1S/C20H20FN3O3S/c1-26-16-6-7-17(27-2)18-15(16)10-12(19(25)24-18)8-9-22-20(28)23-14-5-3-4-13(21)11-14/h3-7,10-11,15H,8-9H2,1-2H3,(H2,22,23,28). The summed E-state index contributed by atoms with van der Waals surface area (Å²) in [6.07, 6.45) is 5.82. The number of thiocarbonyl (C=S) groups is 1. The Morgan fingerprint density at radius 1 is 1.29 bits per heavy atom. The molecule has 0 saturated carbocycles. The van der Waals surface area contributed by atoms with Crippen LogP contribution in [0.3, 0.4) is 0 Å². The number of fused-ring (bicyclic) bond motifs is 1. The quantitative estimate of drug-likeness (QED) is 0.714. The van der Waals surface area contributed by atoms with Crippen LogP contribution < -0.4 is 10.6 Å². The molecule has 8 heteroatoms. The summed E-state index contributed by atoms with van der Waals surface area (Å²) >= 11 is 5.21. The molecule has 0 aromatic heterocycles. The molecule has 28 heavy (non-hydrogen) atoms. The van der Waals surface area contributed by atoms with Gasteiger partial charge in [-0.2, -0.15) is 0 Å². The van der Waals surface area contributed by atoms with Crippen LogP contribution in [0.5, 0.6) is 0 Å². The zero-order valence-corrected chi connectivity index (χ0v) is 16.3. The minimum absolute atomic E-state index is 0.255. The molecule has 1 aliphatic heterocycles. The van der Waals surface area contributed by atoms with Crippen LogP contribution in [0.2, 0.25) is 0 Å². The van der Waals surface area contributed by atoms with Gasteiger partial charge in [-0.05, 0) is 49.0 Å². The van der Waals surface area contributed by atoms with Gasteiger partial charge < -0.3 is 20.1 Å². The molecular formula is C20H20FN3O3S. The SMILES string of the molecule is COC1=CC=C(OC)C2C=C(CCNC(=S)Nc3cccc(F)c3)C(=O)N=C12. The normalized spacial score (nSPS) is 18.1. The van der Waals surface area contributed by atoms with Gasteiger partial charge in [0.1, 0.15) is 23.0 Å². The number of nitrogens with zero attached hydrogens (tertiary/aromatic N) is 1. The maximum Gasteiger partial charge on any atom is 0.273 e. The third-order valence-electron chi connectivity index (χ3n) is 4.34. The molecular weight excluding hydrogens is 381 g/mol. The summed E-state index contributed by atoms with van der Waals surface area (Å²) in [6.45, 7) is 0.426. The van der Waals surface area contributed by atoms with Gasteiger partial charge in [0.15, 0.2) is 5.11 Å². The van der Waals surface area contributed by atoms with Crippen LogP contribution in [0.1, 0.15) is 6.42 Å². The van der Waals surface area contributed by atoms with Crippen molar-refractivity contribution in [2.24, 2.45) is 10.9 Å². The third-order valence-corrected chi connectivity index (χ3v) is 4.58. The van der Waals surface area contributed by atoms with Crippen molar-refractivity contribution in [1.29, 1.82) is 0 Å². The van der Waals surface area contributed by atoms with E-state index in [0.29, 0.717) is 46.6 Å². The van der Waals surface area contributed by atoms with Crippen LogP contribution in [-0.2, 0) is 14.3 Å². The molecule has 146 valence electrons. The molecule has 1 heterocycles. The number of hydrogen-bond donors (Lipinski definition) is 2. The number of benzene rings is 1. The van der Waals surface area contributed by atoms with Gasteiger partial charge in [-0.3, -0.25) is 4.79 Å². The number of rotatable bonds is 6. The number of amides is 1. The summed E-state index contributed by atoms with van der Waals surface area (Å²) in [5.41, 5.74) is 1.66. The first-order valence-corrected chi connectivity index (χ1v) is 9.07. The number of ether oxygens (including phenoxy) is 2. The third kappa shape index (κ3) is 4.45. The predicted octanol–water partition coefficient (Wildman–Crippen LogP) is 3.10. The van der Waals surface area contributed by atoms with Gasteiger partial charge in [0.2, 0.25) is 0 Å². The Bertz CT molecular complexity index is 921. The number of methoxy groups -OCH3 is 2. The van der Waals surface area contributed by atoms with Crippen LogP contribution in [0, 0.1) is 11.7 Å². The molecule has 1 amide bonds. The molecule has 1 aliphatic carbocycles. The van der Waals surface area contributed by atoms with Crippen LogP contribution in [-0.4, -0.2) is 37.5 Å². The molecule has 0 fully saturated rings. The Balaban J connectivity index is 1.60. The lowest BCUT2D eigenvalue weighted by atomic mass is 9.89. The second-order valence-corrected chi connectivity index (χ2v) is 6.53. The van der Waals surface area contributed by atoms with Crippen molar-refractivity contribution in [3.8, 4) is 0 Å². The van der Waals surface area contributed by atoms with Gasteiger partial charge in [0.05, 0.1) is 20.1 Å². The van der Waals surface area contributed by atoms with Crippen molar-refractivity contribution in [2.45, 2.75) is 6.42 Å². The van der Waals surface area contributed by atoms with E-state index >= 15 is 0 Å². The van der Waals surface area contributed by atoms with E-state index in [1.165, 1.54) is 19.2 Å².